The van der Waals surface area contributed by atoms with E-state index >= 15 is 0 Å². The molecule has 124 valence electrons. The van der Waals surface area contributed by atoms with Gasteiger partial charge in [0.1, 0.15) is 12.4 Å². The maximum atomic E-state index is 11.3. The normalized spacial score (nSPS) is 10.9. The van der Waals surface area contributed by atoms with Gasteiger partial charge in [-0.05, 0) is 6.92 Å². The minimum atomic E-state index is -0.361. The number of carbonyl (C=O) groups excluding carboxylic acids is 2. The Morgan fingerprint density at radius 2 is 1.33 bits per heavy atom. The van der Waals surface area contributed by atoms with Crippen LogP contribution in [-0.4, -0.2) is 58.0 Å². The fraction of sp³-hybridized carbons (Fsp3) is 0.867. The second-order valence-corrected chi connectivity index (χ2v) is 4.76. The zero-order valence-electron chi connectivity index (χ0n) is 13.4. The van der Waals surface area contributed by atoms with Crippen molar-refractivity contribution in [1.82, 2.24) is 0 Å². The summed E-state index contributed by atoms with van der Waals surface area (Å²) < 4.78 is 20.6. The van der Waals surface area contributed by atoms with E-state index < -0.39 is 0 Å². The summed E-state index contributed by atoms with van der Waals surface area (Å²) in [7, 11) is 0. The molecule has 0 amide bonds. The lowest BCUT2D eigenvalue weighted by Crippen LogP contribution is -2.15. The van der Waals surface area contributed by atoms with E-state index in [2.05, 4.69) is 0 Å². The van der Waals surface area contributed by atoms with E-state index in [4.69, 9.17) is 18.9 Å². The molecule has 6 heteroatoms. The third-order valence-corrected chi connectivity index (χ3v) is 2.66. The first-order valence-electron chi connectivity index (χ1n) is 7.49. The molecule has 0 aliphatic carbocycles. The van der Waals surface area contributed by atoms with E-state index in [1.54, 1.807) is 0 Å². The monoisotopic (exact) mass is 304 g/mol. The average molecular weight is 304 g/mol. The third-order valence-electron chi connectivity index (χ3n) is 2.66. The average Bonchev–Trinajstić information content (AvgIpc) is 2.46. The van der Waals surface area contributed by atoms with Crippen LogP contribution in [0, 0.1) is 5.92 Å². The van der Waals surface area contributed by atoms with Crippen molar-refractivity contribution in [3.05, 3.63) is 0 Å². The Morgan fingerprint density at radius 1 is 0.810 bits per heavy atom. The van der Waals surface area contributed by atoms with Crippen LogP contribution in [0.5, 0.6) is 0 Å². The Balaban J connectivity index is 3.27. The van der Waals surface area contributed by atoms with Crippen molar-refractivity contribution in [2.75, 3.05) is 46.2 Å². The molecular weight excluding hydrogens is 276 g/mol. The fourth-order valence-electron chi connectivity index (χ4n) is 1.38. The lowest BCUT2D eigenvalue weighted by Gasteiger charge is -2.07. The van der Waals surface area contributed by atoms with Crippen molar-refractivity contribution in [2.45, 2.75) is 33.6 Å². The first kappa shape index (κ1) is 20.0. The Bertz CT molecular complexity index is 277. The molecule has 0 aromatic rings. The summed E-state index contributed by atoms with van der Waals surface area (Å²) in [5, 5.41) is 0. The number of ether oxygens (including phenoxy) is 4. The Morgan fingerprint density at radius 3 is 1.86 bits per heavy atom. The SMILES string of the molecule is CCOCCOCCOCCOC(=O)CCC(=O)C(C)C. The summed E-state index contributed by atoms with van der Waals surface area (Å²) in [5.74, 6) is -0.322. The van der Waals surface area contributed by atoms with E-state index in [1.807, 2.05) is 20.8 Å². The Kier molecular flexibility index (Phi) is 13.3. The summed E-state index contributed by atoms with van der Waals surface area (Å²) >= 11 is 0. The molecule has 0 bridgehead atoms. The zero-order valence-corrected chi connectivity index (χ0v) is 13.4. The van der Waals surface area contributed by atoms with Gasteiger partial charge in [-0.25, -0.2) is 0 Å². The molecule has 0 rings (SSSR count). The maximum absolute atomic E-state index is 11.3. The van der Waals surface area contributed by atoms with Gasteiger partial charge in [-0.15, -0.1) is 0 Å². The van der Waals surface area contributed by atoms with Crippen molar-refractivity contribution in [1.29, 1.82) is 0 Å². The van der Waals surface area contributed by atoms with Crippen LogP contribution in [0.2, 0.25) is 0 Å². The molecule has 0 aromatic heterocycles. The molecule has 0 saturated heterocycles. The second-order valence-electron chi connectivity index (χ2n) is 4.76. The molecular formula is C15H28O6. The molecule has 0 N–H and O–H groups in total. The van der Waals surface area contributed by atoms with Crippen molar-refractivity contribution >= 4 is 11.8 Å². The van der Waals surface area contributed by atoms with E-state index in [0.717, 1.165) is 0 Å². The van der Waals surface area contributed by atoms with Crippen molar-refractivity contribution < 1.29 is 28.5 Å². The summed E-state index contributed by atoms with van der Waals surface area (Å²) in [4.78, 5) is 22.7. The highest BCUT2D eigenvalue weighted by Crippen LogP contribution is 2.02. The molecule has 0 aliphatic rings. The second kappa shape index (κ2) is 14.0. The standard InChI is InChI=1S/C15H28O6/c1-4-18-7-8-19-9-10-20-11-12-21-15(17)6-5-14(16)13(2)3/h13H,4-12H2,1-3H3. The highest BCUT2D eigenvalue weighted by molar-refractivity contribution is 5.84. The summed E-state index contributed by atoms with van der Waals surface area (Å²) in [6.07, 6.45) is 0.378. The van der Waals surface area contributed by atoms with Crippen LogP contribution in [0.15, 0.2) is 0 Å². The van der Waals surface area contributed by atoms with E-state index in [-0.39, 0.29) is 37.1 Å². The van der Waals surface area contributed by atoms with Crippen LogP contribution in [-0.2, 0) is 28.5 Å². The third kappa shape index (κ3) is 13.7. The van der Waals surface area contributed by atoms with Crippen molar-refractivity contribution in [3.8, 4) is 0 Å². The van der Waals surface area contributed by atoms with Gasteiger partial charge in [0, 0.05) is 18.9 Å². The number of hydrogen-bond donors (Lipinski definition) is 0. The molecule has 0 spiro atoms. The number of rotatable bonds is 14. The topological polar surface area (TPSA) is 71.1 Å². The predicted molar refractivity (Wildman–Crippen MR) is 78.2 cm³/mol. The number of carbonyl (C=O) groups is 2. The zero-order chi connectivity index (χ0) is 15.9. The highest BCUT2D eigenvalue weighted by atomic mass is 16.6. The van der Waals surface area contributed by atoms with Crippen molar-refractivity contribution in [2.24, 2.45) is 5.92 Å². The van der Waals surface area contributed by atoms with Crippen LogP contribution in [0.3, 0.4) is 0 Å². The highest BCUT2D eigenvalue weighted by Gasteiger charge is 2.10. The van der Waals surface area contributed by atoms with Crippen LogP contribution >= 0.6 is 0 Å². The van der Waals surface area contributed by atoms with Gasteiger partial charge in [-0.3, -0.25) is 9.59 Å². The number of esters is 1. The quantitative estimate of drug-likeness (QED) is 0.358. The van der Waals surface area contributed by atoms with Gasteiger partial charge in [0.2, 0.25) is 0 Å². The van der Waals surface area contributed by atoms with Gasteiger partial charge in [-0.2, -0.15) is 0 Å². The predicted octanol–water partition coefficient (Wildman–Crippen LogP) is 1.60. The van der Waals surface area contributed by atoms with Gasteiger partial charge in [0.05, 0.1) is 39.5 Å². The van der Waals surface area contributed by atoms with Crippen LogP contribution < -0.4 is 0 Å². The maximum Gasteiger partial charge on any atom is 0.306 e. The number of hydrogen-bond acceptors (Lipinski definition) is 6. The molecule has 0 heterocycles. The Hall–Kier alpha value is -0.980. The van der Waals surface area contributed by atoms with Crippen molar-refractivity contribution in [3.63, 3.8) is 0 Å². The number of ketones is 1. The summed E-state index contributed by atoms with van der Waals surface area (Å²) in [5.41, 5.74) is 0. The molecule has 0 atom stereocenters. The lowest BCUT2D eigenvalue weighted by molar-refractivity contribution is -0.146. The largest absolute Gasteiger partial charge is 0.463 e. The van der Waals surface area contributed by atoms with E-state index in [1.165, 1.54) is 0 Å². The Labute approximate surface area is 127 Å². The molecule has 6 nitrogen and oxygen atoms in total. The van der Waals surface area contributed by atoms with Gasteiger partial charge in [-0.1, -0.05) is 13.8 Å². The molecule has 0 radical (unpaired) electrons. The number of Topliss-reactive ketones (excluding diaryl/α,β-unsaturated/α-hetero) is 1. The molecule has 0 saturated carbocycles. The van der Waals surface area contributed by atoms with Crippen LogP contribution in [0.1, 0.15) is 33.6 Å². The molecule has 0 aromatic carbocycles. The summed E-state index contributed by atoms with van der Waals surface area (Å²) in [6, 6.07) is 0. The molecule has 0 unspecified atom stereocenters. The first-order valence-corrected chi connectivity index (χ1v) is 7.49. The van der Waals surface area contributed by atoms with E-state index in [9.17, 15) is 9.59 Å². The van der Waals surface area contributed by atoms with Gasteiger partial charge >= 0.3 is 5.97 Å². The fourth-order valence-corrected chi connectivity index (χ4v) is 1.38. The minimum Gasteiger partial charge on any atom is -0.463 e. The van der Waals surface area contributed by atoms with Gasteiger partial charge < -0.3 is 18.9 Å². The molecule has 0 aliphatic heterocycles. The molecule has 0 fully saturated rings. The molecule has 21 heavy (non-hydrogen) atoms. The van der Waals surface area contributed by atoms with Crippen LogP contribution in [0.25, 0.3) is 0 Å². The minimum absolute atomic E-state index is 0.0381. The lowest BCUT2D eigenvalue weighted by atomic mass is 10.1. The van der Waals surface area contributed by atoms with Gasteiger partial charge in [0.25, 0.3) is 0 Å². The van der Waals surface area contributed by atoms with E-state index in [0.29, 0.717) is 39.6 Å². The first-order chi connectivity index (χ1) is 10.1. The summed E-state index contributed by atoms with van der Waals surface area (Å²) in [6.45, 7) is 8.87. The van der Waals surface area contributed by atoms with Gasteiger partial charge in [0.15, 0.2) is 0 Å². The van der Waals surface area contributed by atoms with Crippen LogP contribution in [0.4, 0.5) is 0 Å². The smallest absolute Gasteiger partial charge is 0.306 e.